The van der Waals surface area contributed by atoms with Crippen LogP contribution in [0.2, 0.25) is 0 Å². The van der Waals surface area contributed by atoms with Crippen molar-refractivity contribution in [2.75, 3.05) is 11.9 Å². The molecule has 170 valence electrons. The molecule has 7 nitrogen and oxygen atoms in total. The van der Waals surface area contributed by atoms with Gasteiger partial charge in [-0.25, -0.2) is 17.9 Å². The van der Waals surface area contributed by atoms with Crippen molar-refractivity contribution in [1.82, 2.24) is 4.72 Å². The molecule has 3 aromatic rings. The molecule has 3 aromatic carbocycles. The lowest BCUT2D eigenvalue weighted by Gasteiger charge is -2.18. The minimum atomic E-state index is -3.67. The van der Waals surface area contributed by atoms with Gasteiger partial charge in [0.15, 0.2) is 0 Å². The zero-order valence-corrected chi connectivity index (χ0v) is 19.1. The van der Waals surface area contributed by atoms with Crippen molar-refractivity contribution in [2.24, 2.45) is 0 Å². The Bertz CT molecular complexity index is 1280. The normalized spacial score (nSPS) is 13.4. The molecular formula is C25H24N2O5S. The first-order valence-electron chi connectivity index (χ1n) is 10.5. The van der Waals surface area contributed by atoms with Crippen LogP contribution >= 0.6 is 0 Å². The number of rotatable bonds is 7. The van der Waals surface area contributed by atoms with E-state index in [0.717, 1.165) is 18.4 Å². The van der Waals surface area contributed by atoms with Crippen LogP contribution in [0, 0.1) is 6.92 Å². The predicted octanol–water partition coefficient (Wildman–Crippen LogP) is 3.93. The van der Waals surface area contributed by atoms with Crippen LogP contribution in [-0.2, 0) is 10.0 Å². The Balaban J connectivity index is 1.43. The lowest BCUT2D eigenvalue weighted by atomic mass is 10.1. The Kier molecular flexibility index (Phi) is 6.31. The molecular weight excluding hydrogens is 440 g/mol. The predicted molar refractivity (Wildman–Crippen MR) is 125 cm³/mol. The third-order valence-corrected chi connectivity index (χ3v) is 6.84. The number of amides is 1. The molecule has 1 aliphatic rings. The summed E-state index contributed by atoms with van der Waals surface area (Å²) in [6, 6.07) is 19.6. The van der Waals surface area contributed by atoms with E-state index >= 15 is 0 Å². The van der Waals surface area contributed by atoms with Gasteiger partial charge in [0.05, 0.1) is 10.5 Å². The molecule has 0 radical (unpaired) electrons. The SMILES string of the molecule is Cc1ccc(C(=O)N(C)c2ccc(OC(=O)c3cccc(S(=O)(=O)NC4CC4)c3)cc2)cc1. The molecule has 0 heterocycles. The number of benzene rings is 3. The van der Waals surface area contributed by atoms with Gasteiger partial charge in [-0.05, 0) is 74.4 Å². The van der Waals surface area contributed by atoms with Crippen LogP contribution in [0.25, 0.3) is 0 Å². The molecule has 0 spiro atoms. The van der Waals surface area contributed by atoms with E-state index in [1.165, 1.54) is 29.2 Å². The lowest BCUT2D eigenvalue weighted by Crippen LogP contribution is -2.26. The summed E-state index contributed by atoms with van der Waals surface area (Å²) in [6.07, 6.45) is 1.64. The Labute approximate surface area is 193 Å². The van der Waals surface area contributed by atoms with Gasteiger partial charge in [0.2, 0.25) is 10.0 Å². The number of nitrogens with one attached hydrogen (secondary N) is 1. The Morgan fingerprint density at radius 3 is 2.24 bits per heavy atom. The molecule has 1 N–H and O–H groups in total. The van der Waals surface area contributed by atoms with Crippen molar-refractivity contribution in [3.8, 4) is 5.75 Å². The van der Waals surface area contributed by atoms with Gasteiger partial charge >= 0.3 is 5.97 Å². The zero-order chi connectivity index (χ0) is 23.6. The van der Waals surface area contributed by atoms with Crippen molar-refractivity contribution in [3.63, 3.8) is 0 Å². The summed E-state index contributed by atoms with van der Waals surface area (Å²) in [4.78, 5) is 26.8. The van der Waals surface area contributed by atoms with Gasteiger partial charge in [0.1, 0.15) is 5.75 Å². The number of hydrogen-bond acceptors (Lipinski definition) is 5. The highest BCUT2D eigenvalue weighted by Gasteiger charge is 2.28. The number of carbonyl (C=O) groups excluding carboxylic acids is 2. The molecule has 0 bridgehead atoms. The average molecular weight is 465 g/mol. The molecule has 0 aliphatic heterocycles. The number of hydrogen-bond donors (Lipinski definition) is 1. The van der Waals surface area contributed by atoms with Crippen LogP contribution < -0.4 is 14.4 Å². The lowest BCUT2D eigenvalue weighted by molar-refractivity contribution is 0.0734. The smallest absolute Gasteiger partial charge is 0.343 e. The van der Waals surface area contributed by atoms with Crippen LogP contribution in [0.3, 0.4) is 0 Å². The number of carbonyl (C=O) groups is 2. The second kappa shape index (κ2) is 9.17. The van der Waals surface area contributed by atoms with Gasteiger partial charge in [-0.2, -0.15) is 0 Å². The first-order chi connectivity index (χ1) is 15.7. The summed E-state index contributed by atoms with van der Waals surface area (Å²) in [6.45, 7) is 1.96. The summed E-state index contributed by atoms with van der Waals surface area (Å²) < 4.78 is 32.8. The van der Waals surface area contributed by atoms with E-state index in [0.29, 0.717) is 11.3 Å². The maximum absolute atomic E-state index is 12.7. The van der Waals surface area contributed by atoms with Crippen LogP contribution in [0.1, 0.15) is 39.1 Å². The summed E-state index contributed by atoms with van der Waals surface area (Å²) >= 11 is 0. The molecule has 0 unspecified atom stereocenters. The zero-order valence-electron chi connectivity index (χ0n) is 18.3. The molecule has 0 saturated heterocycles. The van der Waals surface area contributed by atoms with Gasteiger partial charge in [0.25, 0.3) is 5.91 Å². The maximum atomic E-state index is 12.7. The van der Waals surface area contributed by atoms with Crippen molar-refractivity contribution in [2.45, 2.75) is 30.7 Å². The number of nitrogens with zero attached hydrogens (tertiary/aromatic N) is 1. The quantitative estimate of drug-likeness (QED) is 0.422. The van der Waals surface area contributed by atoms with Crippen LogP contribution in [0.15, 0.2) is 77.7 Å². The Hall–Kier alpha value is -3.49. The summed E-state index contributed by atoms with van der Waals surface area (Å²) in [5, 5.41) is 0. The maximum Gasteiger partial charge on any atom is 0.343 e. The standard InChI is InChI=1S/C25H24N2O5S/c1-17-6-8-18(9-7-17)24(28)27(2)21-12-14-22(15-13-21)32-25(29)19-4-3-5-23(16-19)33(30,31)26-20-10-11-20/h3-9,12-16,20,26H,10-11H2,1-2H3. The third kappa shape index (κ3) is 5.47. The Morgan fingerprint density at radius 1 is 0.939 bits per heavy atom. The van der Waals surface area contributed by atoms with E-state index < -0.39 is 16.0 Å². The highest BCUT2D eigenvalue weighted by Crippen LogP contribution is 2.24. The molecule has 4 rings (SSSR count). The third-order valence-electron chi connectivity index (χ3n) is 5.32. The minimum absolute atomic E-state index is 0.0236. The second-order valence-electron chi connectivity index (χ2n) is 8.04. The van der Waals surface area contributed by atoms with Gasteiger partial charge < -0.3 is 9.64 Å². The molecule has 8 heteroatoms. The number of esters is 1. The van der Waals surface area contributed by atoms with E-state index in [9.17, 15) is 18.0 Å². The van der Waals surface area contributed by atoms with Gasteiger partial charge in [-0.1, -0.05) is 23.8 Å². The summed E-state index contributed by atoms with van der Waals surface area (Å²) in [5.74, 6) is -0.544. The van der Waals surface area contributed by atoms with Crippen molar-refractivity contribution in [1.29, 1.82) is 0 Å². The van der Waals surface area contributed by atoms with Gasteiger partial charge in [-0.15, -0.1) is 0 Å². The summed E-state index contributed by atoms with van der Waals surface area (Å²) in [7, 11) is -2.00. The van der Waals surface area contributed by atoms with Crippen molar-refractivity contribution < 1.29 is 22.7 Å². The molecule has 1 amide bonds. The largest absolute Gasteiger partial charge is 0.423 e. The van der Waals surface area contributed by atoms with E-state index in [1.54, 1.807) is 43.4 Å². The van der Waals surface area contributed by atoms with Crippen molar-refractivity contribution in [3.05, 3.63) is 89.5 Å². The fourth-order valence-corrected chi connectivity index (χ4v) is 4.54. The highest BCUT2D eigenvalue weighted by atomic mass is 32.2. The van der Waals surface area contributed by atoms with E-state index in [-0.39, 0.29) is 28.2 Å². The molecule has 0 aromatic heterocycles. The van der Waals surface area contributed by atoms with E-state index in [1.807, 2.05) is 19.1 Å². The van der Waals surface area contributed by atoms with Gasteiger partial charge in [0, 0.05) is 24.3 Å². The molecule has 1 saturated carbocycles. The van der Waals surface area contributed by atoms with Crippen molar-refractivity contribution >= 4 is 27.6 Å². The van der Waals surface area contributed by atoms with Crippen LogP contribution in [-0.4, -0.2) is 33.4 Å². The summed E-state index contributed by atoms with van der Waals surface area (Å²) in [5.41, 5.74) is 2.41. The number of ether oxygens (including phenoxy) is 1. The van der Waals surface area contributed by atoms with Crippen LogP contribution in [0.5, 0.6) is 5.75 Å². The molecule has 1 aliphatic carbocycles. The molecule has 0 atom stereocenters. The highest BCUT2D eigenvalue weighted by molar-refractivity contribution is 7.89. The average Bonchev–Trinajstić information content (AvgIpc) is 3.62. The van der Waals surface area contributed by atoms with Crippen LogP contribution in [0.4, 0.5) is 5.69 Å². The van der Waals surface area contributed by atoms with Gasteiger partial charge in [-0.3, -0.25) is 4.79 Å². The fraction of sp³-hybridized carbons (Fsp3) is 0.200. The number of aryl methyl sites for hydroxylation is 1. The Morgan fingerprint density at radius 2 is 1.61 bits per heavy atom. The monoisotopic (exact) mass is 464 g/mol. The van der Waals surface area contributed by atoms with E-state index in [4.69, 9.17) is 4.74 Å². The second-order valence-corrected chi connectivity index (χ2v) is 9.75. The van der Waals surface area contributed by atoms with E-state index in [2.05, 4.69) is 4.72 Å². The molecule has 1 fully saturated rings. The minimum Gasteiger partial charge on any atom is -0.423 e. The molecule has 33 heavy (non-hydrogen) atoms. The first-order valence-corrected chi connectivity index (χ1v) is 12.0. The number of anilines is 1. The first kappa shape index (κ1) is 22.7. The fourth-order valence-electron chi connectivity index (χ4n) is 3.19. The number of sulfonamides is 1. The topological polar surface area (TPSA) is 92.8 Å².